The molecule has 1 aromatic carbocycles. The average Bonchev–Trinajstić information content (AvgIpc) is 3.12. The molecule has 0 saturated heterocycles. The zero-order valence-corrected chi connectivity index (χ0v) is 13.8. The van der Waals surface area contributed by atoms with E-state index in [0.29, 0.717) is 22.6 Å². The summed E-state index contributed by atoms with van der Waals surface area (Å²) in [7, 11) is 1.79. The van der Waals surface area contributed by atoms with Gasteiger partial charge in [0.05, 0.1) is 5.75 Å². The molecule has 1 amide bonds. The zero-order valence-electron chi connectivity index (χ0n) is 13.0. The molecule has 0 unspecified atom stereocenters. The molecule has 1 N–H and O–H groups in total. The lowest BCUT2D eigenvalue weighted by Crippen LogP contribution is -2.14. The minimum Gasteiger partial charge on any atom is -0.360 e. The van der Waals surface area contributed by atoms with Crippen LogP contribution in [-0.2, 0) is 11.8 Å². The largest absolute Gasteiger partial charge is 0.360 e. The number of thioether (sulfide) groups is 1. The van der Waals surface area contributed by atoms with Gasteiger partial charge in [0, 0.05) is 18.7 Å². The van der Waals surface area contributed by atoms with Crippen LogP contribution in [0.25, 0.3) is 11.4 Å². The summed E-state index contributed by atoms with van der Waals surface area (Å²) in [6, 6.07) is 7.63. The van der Waals surface area contributed by atoms with Crippen LogP contribution in [0.5, 0.6) is 0 Å². The number of carbonyl (C=O) groups is 1. The maximum atomic E-state index is 13.0. The number of anilines is 1. The van der Waals surface area contributed by atoms with Crippen LogP contribution in [0.15, 0.2) is 40.0 Å². The fourth-order valence-corrected chi connectivity index (χ4v) is 2.74. The number of nitrogens with zero attached hydrogens (tertiary/aromatic N) is 4. The molecule has 9 heteroatoms. The molecule has 0 aliphatic rings. The van der Waals surface area contributed by atoms with Gasteiger partial charge in [0.1, 0.15) is 11.6 Å². The Labute approximate surface area is 141 Å². The molecule has 24 heavy (non-hydrogen) atoms. The number of benzene rings is 1. The second-order valence-corrected chi connectivity index (χ2v) is 5.97. The first kappa shape index (κ1) is 16.2. The van der Waals surface area contributed by atoms with E-state index in [4.69, 9.17) is 4.52 Å². The van der Waals surface area contributed by atoms with Crippen molar-refractivity contribution in [2.45, 2.75) is 12.1 Å². The molecule has 0 radical (unpaired) electrons. The summed E-state index contributed by atoms with van der Waals surface area (Å²) in [6.07, 6.45) is 0. The van der Waals surface area contributed by atoms with Gasteiger partial charge in [0.25, 0.3) is 0 Å². The fourth-order valence-electron chi connectivity index (χ4n) is 2.03. The van der Waals surface area contributed by atoms with Gasteiger partial charge < -0.3 is 14.4 Å². The van der Waals surface area contributed by atoms with Crippen molar-refractivity contribution in [1.82, 2.24) is 19.9 Å². The topological polar surface area (TPSA) is 85.8 Å². The predicted molar refractivity (Wildman–Crippen MR) is 87.0 cm³/mol. The van der Waals surface area contributed by atoms with Gasteiger partial charge >= 0.3 is 0 Å². The van der Waals surface area contributed by atoms with Gasteiger partial charge in [0.2, 0.25) is 5.91 Å². The van der Waals surface area contributed by atoms with Crippen LogP contribution in [0.1, 0.15) is 5.76 Å². The van der Waals surface area contributed by atoms with Crippen LogP contribution in [0.2, 0.25) is 0 Å². The molecule has 0 spiro atoms. The SMILES string of the molecule is Cc1cc(NC(=O)CSc2nnc(-c3ccc(F)cc3)n2C)no1. The molecular weight excluding hydrogens is 333 g/mol. The minimum atomic E-state index is -0.310. The Morgan fingerprint density at radius 1 is 1.33 bits per heavy atom. The summed E-state index contributed by atoms with van der Waals surface area (Å²) in [5, 5.41) is 15.1. The van der Waals surface area contributed by atoms with Gasteiger partial charge in [-0.2, -0.15) is 0 Å². The number of rotatable bonds is 5. The lowest BCUT2D eigenvalue weighted by atomic mass is 10.2. The van der Waals surface area contributed by atoms with Crippen molar-refractivity contribution in [3.05, 3.63) is 41.9 Å². The molecule has 7 nitrogen and oxygen atoms in total. The van der Waals surface area contributed by atoms with E-state index in [9.17, 15) is 9.18 Å². The van der Waals surface area contributed by atoms with Crippen LogP contribution >= 0.6 is 11.8 Å². The maximum Gasteiger partial charge on any atom is 0.236 e. The third-order valence-electron chi connectivity index (χ3n) is 3.17. The number of carbonyl (C=O) groups excluding carboxylic acids is 1. The maximum absolute atomic E-state index is 13.0. The van der Waals surface area contributed by atoms with Crippen molar-refractivity contribution in [3.63, 3.8) is 0 Å². The Kier molecular flexibility index (Phi) is 4.61. The number of nitrogens with one attached hydrogen (secondary N) is 1. The molecular formula is C15H14FN5O2S. The van der Waals surface area contributed by atoms with Crippen molar-refractivity contribution in [2.75, 3.05) is 11.1 Å². The molecule has 3 rings (SSSR count). The molecule has 0 fully saturated rings. The Morgan fingerprint density at radius 3 is 2.75 bits per heavy atom. The van der Waals surface area contributed by atoms with Crippen LogP contribution in [-0.4, -0.2) is 31.6 Å². The molecule has 3 aromatic rings. The summed E-state index contributed by atoms with van der Waals surface area (Å²) in [4.78, 5) is 11.9. The van der Waals surface area contributed by atoms with Gasteiger partial charge in [-0.15, -0.1) is 10.2 Å². The first-order chi connectivity index (χ1) is 11.5. The van der Waals surface area contributed by atoms with E-state index in [2.05, 4.69) is 20.7 Å². The molecule has 0 saturated carbocycles. The number of amides is 1. The van der Waals surface area contributed by atoms with E-state index >= 15 is 0 Å². The smallest absolute Gasteiger partial charge is 0.236 e. The third kappa shape index (κ3) is 3.62. The van der Waals surface area contributed by atoms with Gasteiger partial charge in [0.15, 0.2) is 16.8 Å². The highest BCUT2D eigenvalue weighted by atomic mass is 32.2. The first-order valence-electron chi connectivity index (χ1n) is 7.04. The lowest BCUT2D eigenvalue weighted by molar-refractivity contribution is -0.113. The van der Waals surface area contributed by atoms with Crippen molar-refractivity contribution in [2.24, 2.45) is 7.05 Å². The zero-order chi connectivity index (χ0) is 17.1. The summed E-state index contributed by atoms with van der Waals surface area (Å²) in [6.45, 7) is 1.74. The molecule has 2 heterocycles. The van der Waals surface area contributed by atoms with E-state index in [-0.39, 0.29) is 17.5 Å². The Hall–Kier alpha value is -2.68. The summed E-state index contributed by atoms with van der Waals surface area (Å²) < 4.78 is 19.6. The van der Waals surface area contributed by atoms with Crippen molar-refractivity contribution >= 4 is 23.5 Å². The van der Waals surface area contributed by atoms with Gasteiger partial charge in [-0.05, 0) is 31.2 Å². The quantitative estimate of drug-likeness (QED) is 0.714. The van der Waals surface area contributed by atoms with Crippen molar-refractivity contribution < 1.29 is 13.7 Å². The van der Waals surface area contributed by atoms with E-state index in [0.717, 1.165) is 5.56 Å². The Balaban J connectivity index is 1.63. The van der Waals surface area contributed by atoms with Crippen molar-refractivity contribution in [3.8, 4) is 11.4 Å². The second kappa shape index (κ2) is 6.83. The lowest BCUT2D eigenvalue weighted by Gasteiger charge is -2.04. The molecule has 0 aliphatic heterocycles. The Bertz CT molecular complexity index is 859. The molecule has 0 bridgehead atoms. The fraction of sp³-hybridized carbons (Fsp3) is 0.200. The van der Waals surface area contributed by atoms with Crippen molar-refractivity contribution in [1.29, 1.82) is 0 Å². The van der Waals surface area contributed by atoms with E-state index < -0.39 is 0 Å². The van der Waals surface area contributed by atoms with Crippen LogP contribution in [0.4, 0.5) is 10.2 Å². The van der Waals surface area contributed by atoms with Gasteiger partial charge in [-0.25, -0.2) is 4.39 Å². The predicted octanol–water partition coefficient (Wildman–Crippen LogP) is 2.65. The van der Waals surface area contributed by atoms with E-state index in [1.165, 1.54) is 23.9 Å². The third-order valence-corrected chi connectivity index (χ3v) is 4.19. The molecule has 0 atom stereocenters. The molecule has 124 valence electrons. The number of hydrogen-bond donors (Lipinski definition) is 1. The standard InChI is InChI=1S/C15H14FN5O2S/c1-9-7-12(20-23-9)17-13(22)8-24-15-19-18-14(21(15)2)10-3-5-11(16)6-4-10/h3-7H,8H2,1-2H3,(H,17,20,22). The van der Waals surface area contributed by atoms with E-state index in [1.807, 2.05) is 0 Å². The highest BCUT2D eigenvalue weighted by Crippen LogP contribution is 2.23. The van der Waals surface area contributed by atoms with Gasteiger partial charge in [-0.3, -0.25) is 4.79 Å². The van der Waals surface area contributed by atoms with Gasteiger partial charge in [-0.1, -0.05) is 16.9 Å². The minimum absolute atomic E-state index is 0.154. The van der Waals surface area contributed by atoms with Crippen LogP contribution < -0.4 is 5.32 Å². The highest BCUT2D eigenvalue weighted by molar-refractivity contribution is 7.99. The molecule has 2 aromatic heterocycles. The van der Waals surface area contributed by atoms with E-state index in [1.54, 1.807) is 36.7 Å². The summed E-state index contributed by atoms with van der Waals surface area (Å²) in [5.41, 5.74) is 0.751. The Morgan fingerprint density at radius 2 is 2.08 bits per heavy atom. The summed E-state index contributed by atoms with van der Waals surface area (Å²) in [5.74, 6) is 1.22. The first-order valence-corrected chi connectivity index (χ1v) is 8.03. The van der Waals surface area contributed by atoms with Crippen LogP contribution in [0, 0.1) is 12.7 Å². The molecule has 0 aliphatic carbocycles. The summed E-state index contributed by atoms with van der Waals surface area (Å²) >= 11 is 1.24. The average molecular weight is 347 g/mol. The number of aryl methyl sites for hydroxylation is 1. The number of hydrogen-bond acceptors (Lipinski definition) is 6. The highest BCUT2D eigenvalue weighted by Gasteiger charge is 2.13. The number of aromatic nitrogens is 4. The monoisotopic (exact) mass is 347 g/mol. The van der Waals surface area contributed by atoms with Crippen LogP contribution in [0.3, 0.4) is 0 Å². The second-order valence-electron chi connectivity index (χ2n) is 5.03. The number of halogens is 1. The normalized spacial score (nSPS) is 10.8.